The minimum atomic E-state index is -0.172. The molecule has 3 heterocycles. The molecule has 100 valence electrons. The average Bonchev–Trinajstić information content (AvgIpc) is 3.16. The van der Waals surface area contributed by atoms with Crippen LogP contribution in [0.1, 0.15) is 16.2 Å². The summed E-state index contributed by atoms with van der Waals surface area (Å²) in [6.07, 6.45) is 1.71. The number of pyridine rings is 1. The second kappa shape index (κ2) is 5.94. The van der Waals surface area contributed by atoms with Crippen molar-refractivity contribution in [3.8, 4) is 9.88 Å². The second-order valence-electron chi connectivity index (χ2n) is 4.02. The predicted octanol–water partition coefficient (Wildman–Crippen LogP) is 3.20. The van der Waals surface area contributed by atoms with Crippen LogP contribution in [0.25, 0.3) is 9.88 Å². The van der Waals surface area contributed by atoms with E-state index >= 15 is 0 Å². The largest absolute Gasteiger partial charge is 0.345 e. The van der Waals surface area contributed by atoms with Crippen molar-refractivity contribution in [2.24, 2.45) is 0 Å². The van der Waals surface area contributed by atoms with Gasteiger partial charge in [-0.2, -0.15) is 0 Å². The van der Waals surface area contributed by atoms with E-state index in [1.54, 1.807) is 22.9 Å². The lowest BCUT2D eigenvalue weighted by Gasteiger charge is -2.01. The van der Waals surface area contributed by atoms with E-state index in [1.165, 1.54) is 11.3 Å². The molecule has 20 heavy (non-hydrogen) atoms. The van der Waals surface area contributed by atoms with E-state index in [0.29, 0.717) is 12.2 Å². The Morgan fingerprint density at radius 1 is 1.20 bits per heavy atom. The number of aromatic nitrogens is 2. The smallest absolute Gasteiger partial charge is 0.271 e. The van der Waals surface area contributed by atoms with Gasteiger partial charge in [-0.05, 0) is 23.6 Å². The average molecular weight is 301 g/mol. The third kappa shape index (κ3) is 2.92. The molecule has 3 aromatic heterocycles. The molecule has 1 amide bonds. The van der Waals surface area contributed by atoms with E-state index < -0.39 is 0 Å². The van der Waals surface area contributed by atoms with Crippen LogP contribution in [0.3, 0.4) is 0 Å². The second-order valence-corrected chi connectivity index (χ2v) is 5.82. The van der Waals surface area contributed by atoms with Gasteiger partial charge in [-0.3, -0.25) is 9.78 Å². The number of thiophene rings is 1. The summed E-state index contributed by atoms with van der Waals surface area (Å²) in [5.41, 5.74) is 1.28. The van der Waals surface area contributed by atoms with Gasteiger partial charge in [0.2, 0.25) is 0 Å². The number of amides is 1. The molecule has 3 aromatic rings. The first kappa shape index (κ1) is 13.0. The quantitative estimate of drug-likeness (QED) is 0.805. The number of nitrogens with zero attached hydrogens (tertiary/aromatic N) is 2. The Hall–Kier alpha value is -2.05. The van der Waals surface area contributed by atoms with E-state index in [2.05, 4.69) is 15.3 Å². The van der Waals surface area contributed by atoms with E-state index in [4.69, 9.17) is 0 Å². The maximum Gasteiger partial charge on any atom is 0.271 e. The molecular weight excluding hydrogens is 290 g/mol. The first-order valence-corrected chi connectivity index (χ1v) is 7.76. The summed E-state index contributed by atoms with van der Waals surface area (Å²) >= 11 is 3.10. The van der Waals surface area contributed by atoms with Crippen LogP contribution in [0.2, 0.25) is 0 Å². The highest BCUT2D eigenvalue weighted by Gasteiger charge is 2.12. The Bertz CT molecular complexity index is 692. The first-order chi connectivity index (χ1) is 9.83. The molecule has 0 saturated carbocycles. The molecule has 0 fully saturated rings. The highest BCUT2D eigenvalue weighted by Crippen LogP contribution is 2.27. The van der Waals surface area contributed by atoms with Crippen LogP contribution in [-0.4, -0.2) is 15.9 Å². The minimum absolute atomic E-state index is 0.172. The fourth-order valence-corrected chi connectivity index (χ4v) is 3.27. The maximum atomic E-state index is 12.0. The number of carbonyl (C=O) groups excluding carboxylic acids is 1. The van der Waals surface area contributed by atoms with Gasteiger partial charge in [0.25, 0.3) is 5.91 Å². The van der Waals surface area contributed by atoms with Crippen molar-refractivity contribution in [2.45, 2.75) is 6.54 Å². The highest BCUT2D eigenvalue weighted by atomic mass is 32.1. The van der Waals surface area contributed by atoms with Gasteiger partial charge in [0.05, 0.1) is 17.1 Å². The standard InChI is InChI=1S/C14H11N3OS2/c18-13(16-8-10-4-1-2-6-15-10)11-9-20-14(17-11)12-5-3-7-19-12/h1-7,9H,8H2,(H,16,18). The first-order valence-electron chi connectivity index (χ1n) is 6.00. The number of carbonyl (C=O) groups is 1. The van der Waals surface area contributed by atoms with Crippen LogP contribution in [0.4, 0.5) is 0 Å². The van der Waals surface area contributed by atoms with E-state index in [-0.39, 0.29) is 5.91 Å². The molecular formula is C14H11N3OS2. The number of rotatable bonds is 4. The van der Waals surface area contributed by atoms with Crippen molar-refractivity contribution in [1.29, 1.82) is 0 Å². The number of hydrogen-bond acceptors (Lipinski definition) is 5. The van der Waals surface area contributed by atoms with Gasteiger partial charge in [0.1, 0.15) is 10.7 Å². The summed E-state index contributed by atoms with van der Waals surface area (Å²) in [5.74, 6) is -0.172. The summed E-state index contributed by atoms with van der Waals surface area (Å²) in [7, 11) is 0. The van der Waals surface area contributed by atoms with Crippen molar-refractivity contribution >= 4 is 28.6 Å². The molecule has 0 aliphatic rings. The number of thiazole rings is 1. The molecule has 0 atom stereocenters. The summed E-state index contributed by atoms with van der Waals surface area (Å²) in [6, 6.07) is 9.59. The zero-order valence-corrected chi connectivity index (χ0v) is 12.1. The third-order valence-corrected chi connectivity index (χ3v) is 4.51. The number of nitrogens with one attached hydrogen (secondary N) is 1. The molecule has 0 bridgehead atoms. The Kier molecular flexibility index (Phi) is 3.85. The zero-order valence-electron chi connectivity index (χ0n) is 10.4. The van der Waals surface area contributed by atoms with Crippen LogP contribution >= 0.6 is 22.7 Å². The monoisotopic (exact) mass is 301 g/mol. The van der Waals surface area contributed by atoms with Gasteiger partial charge in [-0.15, -0.1) is 22.7 Å². The molecule has 0 radical (unpaired) electrons. The molecule has 0 unspecified atom stereocenters. The Morgan fingerprint density at radius 2 is 2.15 bits per heavy atom. The molecule has 0 aromatic carbocycles. The van der Waals surface area contributed by atoms with Gasteiger partial charge in [-0.25, -0.2) is 4.98 Å². The molecule has 1 N–H and O–H groups in total. The van der Waals surface area contributed by atoms with Crippen molar-refractivity contribution in [3.05, 3.63) is 58.7 Å². The Labute approximate surface area is 124 Å². The van der Waals surface area contributed by atoms with Crippen LogP contribution in [0, 0.1) is 0 Å². The molecule has 0 aliphatic carbocycles. The van der Waals surface area contributed by atoms with Gasteiger partial charge >= 0.3 is 0 Å². The highest BCUT2D eigenvalue weighted by molar-refractivity contribution is 7.20. The molecule has 0 aliphatic heterocycles. The van der Waals surface area contributed by atoms with Crippen molar-refractivity contribution in [3.63, 3.8) is 0 Å². The summed E-state index contributed by atoms with van der Waals surface area (Å²) < 4.78 is 0. The summed E-state index contributed by atoms with van der Waals surface area (Å²) in [5, 5.41) is 7.48. The zero-order chi connectivity index (χ0) is 13.8. The van der Waals surface area contributed by atoms with Gasteiger partial charge in [-0.1, -0.05) is 12.1 Å². The van der Waals surface area contributed by atoms with Crippen molar-refractivity contribution < 1.29 is 4.79 Å². The van der Waals surface area contributed by atoms with Crippen LogP contribution in [0.15, 0.2) is 47.3 Å². The van der Waals surface area contributed by atoms with Gasteiger partial charge in [0, 0.05) is 11.6 Å². The Morgan fingerprint density at radius 3 is 2.90 bits per heavy atom. The van der Waals surface area contributed by atoms with Gasteiger partial charge in [0.15, 0.2) is 0 Å². The summed E-state index contributed by atoms with van der Waals surface area (Å²) in [6.45, 7) is 0.408. The molecule has 6 heteroatoms. The summed E-state index contributed by atoms with van der Waals surface area (Å²) in [4.78, 5) is 21.6. The lowest BCUT2D eigenvalue weighted by Crippen LogP contribution is -2.23. The molecule has 4 nitrogen and oxygen atoms in total. The fourth-order valence-electron chi connectivity index (χ4n) is 1.66. The van der Waals surface area contributed by atoms with Crippen LogP contribution in [-0.2, 0) is 6.54 Å². The predicted molar refractivity (Wildman–Crippen MR) is 80.8 cm³/mol. The minimum Gasteiger partial charge on any atom is -0.345 e. The SMILES string of the molecule is O=C(NCc1ccccn1)c1csc(-c2cccs2)n1. The number of hydrogen-bond donors (Lipinski definition) is 1. The maximum absolute atomic E-state index is 12.0. The normalized spacial score (nSPS) is 10.4. The fraction of sp³-hybridized carbons (Fsp3) is 0.0714. The van der Waals surface area contributed by atoms with Crippen LogP contribution in [0.5, 0.6) is 0 Å². The lowest BCUT2D eigenvalue weighted by molar-refractivity contribution is 0.0946. The molecule has 3 rings (SSSR count). The topological polar surface area (TPSA) is 54.9 Å². The molecule has 0 saturated heterocycles. The van der Waals surface area contributed by atoms with E-state index in [0.717, 1.165) is 15.6 Å². The third-order valence-electron chi connectivity index (χ3n) is 2.62. The lowest BCUT2D eigenvalue weighted by atomic mass is 10.3. The van der Waals surface area contributed by atoms with E-state index in [1.807, 2.05) is 35.7 Å². The van der Waals surface area contributed by atoms with E-state index in [9.17, 15) is 4.79 Å². The van der Waals surface area contributed by atoms with Crippen molar-refractivity contribution in [2.75, 3.05) is 0 Å². The van der Waals surface area contributed by atoms with Crippen molar-refractivity contribution in [1.82, 2.24) is 15.3 Å². The molecule has 0 spiro atoms. The van der Waals surface area contributed by atoms with Gasteiger partial charge < -0.3 is 5.32 Å². The van der Waals surface area contributed by atoms with Crippen LogP contribution < -0.4 is 5.32 Å². The Balaban J connectivity index is 1.66.